The van der Waals surface area contributed by atoms with Crippen LogP contribution < -0.4 is 10.2 Å². The predicted molar refractivity (Wildman–Crippen MR) is 134 cm³/mol. The maximum Gasteiger partial charge on any atom is 0.413 e. The Balaban J connectivity index is 1.37. The second kappa shape index (κ2) is 11.7. The summed E-state index contributed by atoms with van der Waals surface area (Å²) in [4.78, 5) is 41.4. The van der Waals surface area contributed by atoms with E-state index in [0.717, 1.165) is 10.6 Å². The zero-order valence-electron chi connectivity index (χ0n) is 19.1. The largest absolute Gasteiger partial charge is 0.425 e. The van der Waals surface area contributed by atoms with Crippen LogP contribution in [0.4, 0.5) is 16.2 Å². The van der Waals surface area contributed by atoms with Crippen LogP contribution in [0, 0.1) is 0 Å². The van der Waals surface area contributed by atoms with E-state index in [9.17, 15) is 14.4 Å². The molecule has 2 aliphatic rings. The summed E-state index contributed by atoms with van der Waals surface area (Å²) in [7, 11) is 0. The molecule has 0 spiro atoms. The van der Waals surface area contributed by atoms with Crippen LogP contribution in [0.5, 0.6) is 0 Å². The van der Waals surface area contributed by atoms with Crippen molar-refractivity contribution in [3.8, 4) is 0 Å². The number of carbonyl (C=O) groups is 3. The molecule has 186 valence electrons. The highest BCUT2D eigenvalue weighted by molar-refractivity contribution is 7.17. The van der Waals surface area contributed by atoms with Crippen LogP contribution in [-0.4, -0.2) is 68.0 Å². The molecule has 0 saturated carbocycles. The Morgan fingerprint density at radius 2 is 2.06 bits per heavy atom. The minimum absolute atomic E-state index is 0.0575. The average molecular weight is 520 g/mol. The quantitative estimate of drug-likeness (QED) is 0.555. The van der Waals surface area contributed by atoms with Gasteiger partial charge in [0.05, 0.1) is 23.6 Å². The lowest BCUT2D eigenvalue weighted by Crippen LogP contribution is -2.41. The van der Waals surface area contributed by atoms with E-state index < -0.39 is 12.3 Å². The maximum atomic E-state index is 12.8. The molecule has 4 rings (SSSR count). The van der Waals surface area contributed by atoms with Crippen LogP contribution in [0.2, 0.25) is 4.34 Å². The van der Waals surface area contributed by atoms with E-state index in [1.54, 1.807) is 41.3 Å². The summed E-state index contributed by atoms with van der Waals surface area (Å²) < 4.78 is 17.0. The third-order valence-electron chi connectivity index (χ3n) is 5.54. The van der Waals surface area contributed by atoms with Gasteiger partial charge in [0, 0.05) is 41.9 Å². The van der Waals surface area contributed by atoms with Crippen LogP contribution in [0.25, 0.3) is 6.08 Å². The van der Waals surface area contributed by atoms with Gasteiger partial charge in [-0.25, -0.2) is 4.79 Å². The predicted octanol–water partition coefficient (Wildman–Crippen LogP) is 3.99. The SMILES string of the molecule is CCO[C@@H]1C[C@@H](OC(=O)Nc2ccc(N3CCOCC3=O)cc2)N(C(=O)C=Cc2ccc(Cl)s2)C1. The van der Waals surface area contributed by atoms with E-state index in [2.05, 4.69) is 5.32 Å². The van der Waals surface area contributed by atoms with Gasteiger partial charge in [0.2, 0.25) is 5.91 Å². The molecule has 0 bridgehead atoms. The molecule has 2 saturated heterocycles. The Labute approximate surface area is 212 Å². The topological polar surface area (TPSA) is 97.4 Å². The average Bonchev–Trinajstić information content (AvgIpc) is 3.44. The number of amides is 3. The van der Waals surface area contributed by atoms with E-state index in [0.29, 0.717) is 42.7 Å². The molecule has 1 aromatic heterocycles. The highest BCUT2D eigenvalue weighted by atomic mass is 35.5. The van der Waals surface area contributed by atoms with Gasteiger partial charge in [0.25, 0.3) is 5.91 Å². The molecular formula is C24H26ClN3O6S. The van der Waals surface area contributed by atoms with Gasteiger partial charge in [-0.1, -0.05) is 11.6 Å². The minimum Gasteiger partial charge on any atom is -0.425 e. The fraction of sp³-hybridized carbons (Fsp3) is 0.375. The van der Waals surface area contributed by atoms with Crippen molar-refractivity contribution in [1.82, 2.24) is 4.90 Å². The van der Waals surface area contributed by atoms with Crippen molar-refractivity contribution < 1.29 is 28.6 Å². The van der Waals surface area contributed by atoms with E-state index in [1.807, 2.05) is 13.0 Å². The third-order valence-corrected chi connectivity index (χ3v) is 6.73. The van der Waals surface area contributed by atoms with Crippen LogP contribution >= 0.6 is 22.9 Å². The first-order chi connectivity index (χ1) is 16.9. The van der Waals surface area contributed by atoms with Gasteiger partial charge in [0.15, 0.2) is 6.23 Å². The number of hydrogen-bond donors (Lipinski definition) is 1. The Bertz CT molecular complexity index is 1090. The number of ether oxygens (including phenoxy) is 3. The fourth-order valence-electron chi connectivity index (χ4n) is 3.92. The zero-order chi connectivity index (χ0) is 24.8. The van der Waals surface area contributed by atoms with Gasteiger partial charge < -0.3 is 24.0 Å². The smallest absolute Gasteiger partial charge is 0.413 e. The highest BCUT2D eigenvalue weighted by Crippen LogP contribution is 2.25. The molecule has 9 nitrogen and oxygen atoms in total. The number of likely N-dealkylation sites (tertiary alicyclic amines) is 1. The summed E-state index contributed by atoms with van der Waals surface area (Å²) in [6.07, 6.45) is 1.83. The molecule has 0 unspecified atom stereocenters. The van der Waals surface area contributed by atoms with Gasteiger partial charge in [0.1, 0.15) is 6.61 Å². The standard InChI is InChI=1S/C24H26ClN3O6S/c1-2-33-18-13-23(28(14-18)21(29)10-8-19-7-9-20(25)35-19)34-24(31)26-16-3-5-17(6-4-16)27-11-12-32-15-22(27)30/h3-10,18,23H,2,11-15H2,1H3,(H,26,31)/t18-,23-/m1/s1. The van der Waals surface area contributed by atoms with Crippen LogP contribution in [0.1, 0.15) is 18.2 Å². The molecule has 2 aromatic rings. The van der Waals surface area contributed by atoms with Crippen molar-refractivity contribution in [1.29, 1.82) is 0 Å². The van der Waals surface area contributed by atoms with E-state index >= 15 is 0 Å². The second-order valence-electron chi connectivity index (χ2n) is 7.91. The third kappa shape index (κ3) is 6.61. The van der Waals surface area contributed by atoms with Gasteiger partial charge in [-0.3, -0.25) is 14.9 Å². The van der Waals surface area contributed by atoms with Crippen molar-refractivity contribution >= 4 is 58.3 Å². The summed E-state index contributed by atoms with van der Waals surface area (Å²) in [5.74, 6) is -0.392. The van der Waals surface area contributed by atoms with E-state index in [-0.39, 0.29) is 24.5 Å². The van der Waals surface area contributed by atoms with Gasteiger partial charge in [-0.2, -0.15) is 0 Å². The summed E-state index contributed by atoms with van der Waals surface area (Å²) in [5.41, 5.74) is 1.23. The molecule has 2 atom stereocenters. The lowest BCUT2D eigenvalue weighted by atomic mass is 10.2. The Morgan fingerprint density at radius 1 is 1.26 bits per heavy atom. The number of thiophene rings is 1. The summed E-state index contributed by atoms with van der Waals surface area (Å²) in [6.45, 7) is 3.71. The molecule has 1 aromatic carbocycles. The summed E-state index contributed by atoms with van der Waals surface area (Å²) in [5, 5.41) is 2.68. The second-order valence-corrected chi connectivity index (χ2v) is 9.66. The Morgan fingerprint density at radius 3 is 2.74 bits per heavy atom. The van der Waals surface area contributed by atoms with Gasteiger partial charge in [-0.05, 0) is 49.4 Å². The van der Waals surface area contributed by atoms with Gasteiger partial charge >= 0.3 is 6.09 Å². The number of anilines is 2. The first-order valence-electron chi connectivity index (χ1n) is 11.2. The van der Waals surface area contributed by atoms with Crippen molar-refractivity contribution in [3.05, 3.63) is 51.7 Å². The number of benzene rings is 1. The molecule has 2 fully saturated rings. The highest BCUT2D eigenvalue weighted by Gasteiger charge is 2.37. The number of nitrogens with zero attached hydrogens (tertiary/aromatic N) is 2. The molecular weight excluding hydrogens is 494 g/mol. The fourth-order valence-corrected chi connectivity index (χ4v) is 4.88. The van der Waals surface area contributed by atoms with Crippen LogP contribution in [0.3, 0.4) is 0 Å². The molecule has 35 heavy (non-hydrogen) atoms. The molecule has 2 aliphatic heterocycles. The van der Waals surface area contributed by atoms with Gasteiger partial charge in [-0.15, -0.1) is 11.3 Å². The summed E-state index contributed by atoms with van der Waals surface area (Å²) in [6, 6.07) is 10.5. The first-order valence-corrected chi connectivity index (χ1v) is 12.4. The van der Waals surface area contributed by atoms with Crippen LogP contribution in [-0.2, 0) is 23.8 Å². The molecule has 11 heteroatoms. The minimum atomic E-state index is -0.763. The lowest BCUT2D eigenvalue weighted by molar-refractivity contribution is -0.132. The Hall–Kier alpha value is -2.92. The number of halogens is 1. The Kier molecular flexibility index (Phi) is 8.40. The maximum absolute atomic E-state index is 12.8. The summed E-state index contributed by atoms with van der Waals surface area (Å²) >= 11 is 7.31. The van der Waals surface area contributed by atoms with Crippen molar-refractivity contribution in [2.45, 2.75) is 25.7 Å². The first kappa shape index (κ1) is 25.2. The zero-order valence-corrected chi connectivity index (χ0v) is 20.7. The van der Waals surface area contributed by atoms with Crippen molar-refractivity contribution in [3.63, 3.8) is 0 Å². The number of morpholine rings is 1. The van der Waals surface area contributed by atoms with Crippen molar-refractivity contribution in [2.24, 2.45) is 0 Å². The molecule has 0 radical (unpaired) electrons. The number of carbonyl (C=O) groups excluding carboxylic acids is 3. The molecule has 0 aliphatic carbocycles. The molecule has 3 amide bonds. The number of hydrogen-bond acceptors (Lipinski definition) is 7. The number of nitrogens with one attached hydrogen (secondary N) is 1. The number of rotatable bonds is 7. The van der Waals surface area contributed by atoms with Crippen LogP contribution in [0.15, 0.2) is 42.5 Å². The van der Waals surface area contributed by atoms with E-state index in [4.69, 9.17) is 25.8 Å². The normalized spacial score (nSPS) is 20.5. The molecule has 3 heterocycles. The lowest BCUT2D eigenvalue weighted by Gasteiger charge is -2.27. The van der Waals surface area contributed by atoms with Crippen molar-refractivity contribution in [2.75, 3.05) is 43.1 Å². The van der Waals surface area contributed by atoms with E-state index in [1.165, 1.54) is 22.3 Å². The monoisotopic (exact) mass is 519 g/mol. The molecule has 1 N–H and O–H groups in total.